The molecule has 10 atom stereocenters. The molecule has 0 amide bonds. The number of Topliss-reactive ketones (excluding diaryl/α,β-unsaturated/α-hetero) is 1. The number of ketones is 1. The summed E-state index contributed by atoms with van der Waals surface area (Å²) in [4.78, 5) is 13.8. The van der Waals surface area contributed by atoms with Crippen molar-refractivity contribution in [2.45, 2.75) is 82.9 Å². The number of fused-ring (bicyclic) bond motifs is 7. The van der Waals surface area contributed by atoms with Gasteiger partial charge in [0, 0.05) is 46.3 Å². The molecule has 0 bridgehead atoms. The van der Waals surface area contributed by atoms with E-state index in [0.717, 1.165) is 24.0 Å². The van der Waals surface area contributed by atoms with Gasteiger partial charge in [0.25, 0.3) is 0 Å². The number of carbonyl (C=O) groups is 1. The Morgan fingerprint density at radius 1 is 1.19 bits per heavy atom. The summed E-state index contributed by atoms with van der Waals surface area (Å²) in [7, 11) is 0. The second kappa shape index (κ2) is 10.4. The predicted molar refractivity (Wildman–Crippen MR) is 159 cm³/mol. The minimum atomic E-state index is -1.37. The topological polar surface area (TPSA) is 121 Å². The third kappa shape index (κ3) is 4.22. The van der Waals surface area contributed by atoms with E-state index in [-0.39, 0.29) is 29.8 Å². The molecule has 0 spiro atoms. The van der Waals surface area contributed by atoms with Crippen molar-refractivity contribution in [3.8, 4) is 0 Å². The molecule has 4 N–H and O–H groups in total. The van der Waals surface area contributed by atoms with Crippen molar-refractivity contribution < 1.29 is 34.7 Å². The Hall–Kier alpha value is -2.30. The fourth-order valence-corrected chi connectivity index (χ4v) is 9.94. The molecule has 1 aromatic heterocycles. The van der Waals surface area contributed by atoms with E-state index in [1.54, 1.807) is 0 Å². The first-order valence-electron chi connectivity index (χ1n) is 15.3. The van der Waals surface area contributed by atoms with Gasteiger partial charge < -0.3 is 34.5 Å². The molecule has 1 aliphatic heterocycles. The van der Waals surface area contributed by atoms with Crippen LogP contribution in [0.25, 0.3) is 0 Å². The van der Waals surface area contributed by atoms with Crippen LogP contribution in [0.1, 0.15) is 62.5 Å². The van der Waals surface area contributed by atoms with E-state index in [0.29, 0.717) is 30.0 Å². The third-order valence-corrected chi connectivity index (χ3v) is 11.9. The Labute approximate surface area is 256 Å². The number of nitrogens with zero attached hydrogens (tertiary/aromatic N) is 1. The van der Waals surface area contributed by atoms with Crippen molar-refractivity contribution in [1.29, 1.82) is 0 Å². The minimum Gasteiger partial charge on any atom is -0.393 e. The Balaban J connectivity index is 1.17. The maximum absolute atomic E-state index is 13.8. The van der Waals surface area contributed by atoms with Gasteiger partial charge in [-0.15, -0.1) is 0 Å². The van der Waals surface area contributed by atoms with Crippen LogP contribution in [0.5, 0.6) is 0 Å². The number of hydrogen-bond acceptors (Lipinski definition) is 7. The van der Waals surface area contributed by atoms with E-state index in [2.05, 4.69) is 19.9 Å². The first kappa shape index (κ1) is 29.4. The third-order valence-electron chi connectivity index (χ3n) is 11.6. The summed E-state index contributed by atoms with van der Waals surface area (Å²) >= 11 is 6.29. The van der Waals surface area contributed by atoms with Gasteiger partial charge in [-0.25, -0.2) is 0 Å². The van der Waals surface area contributed by atoms with Crippen molar-refractivity contribution in [2.75, 3.05) is 6.61 Å². The summed E-state index contributed by atoms with van der Waals surface area (Å²) in [6.07, 6.45) is 9.73. The van der Waals surface area contributed by atoms with Gasteiger partial charge in [-0.05, 0) is 60.8 Å². The van der Waals surface area contributed by atoms with Crippen LogP contribution in [0.15, 0.2) is 60.5 Å². The smallest absolute Gasteiger partial charge is 0.193 e. The number of ether oxygens (including phenoxy) is 2. The first-order valence-corrected chi connectivity index (χ1v) is 15.7. The molecule has 1 saturated heterocycles. The lowest BCUT2D eigenvalue weighted by Gasteiger charge is -2.60. The molecule has 7 rings (SSSR count). The normalized spacial score (nSPS) is 41.3. The SMILES string of the molecule is C[C@]12C=CC(O)C=C1CC[C@@H]1[C@@H]2[C@@H](O)C[C@@]2(C)[C@H]1C[C@H]1O[C@@H](c3ccn(Cc4ccc(CO)c(Cl)c4)c3)O[C@]12C(=O)CO. The first-order chi connectivity index (χ1) is 20.5. The average molecular weight is 610 g/mol. The number of hydrogen-bond donors (Lipinski definition) is 4. The van der Waals surface area contributed by atoms with Crippen LogP contribution < -0.4 is 0 Å². The number of halogens is 1. The van der Waals surface area contributed by atoms with E-state index in [1.165, 1.54) is 5.57 Å². The molecule has 1 unspecified atom stereocenters. The van der Waals surface area contributed by atoms with Crippen LogP contribution in [-0.4, -0.2) is 61.3 Å². The van der Waals surface area contributed by atoms with Gasteiger partial charge in [-0.2, -0.15) is 0 Å². The summed E-state index contributed by atoms with van der Waals surface area (Å²) < 4.78 is 15.3. The van der Waals surface area contributed by atoms with Crippen LogP contribution in [0, 0.1) is 28.6 Å². The number of aromatic nitrogens is 1. The van der Waals surface area contributed by atoms with Gasteiger partial charge in [0.2, 0.25) is 0 Å². The van der Waals surface area contributed by atoms with Crippen LogP contribution >= 0.6 is 11.6 Å². The summed E-state index contributed by atoms with van der Waals surface area (Å²) in [5.74, 6) is -0.228. The quantitative estimate of drug-likeness (QED) is 0.364. The molecule has 3 saturated carbocycles. The highest BCUT2D eigenvalue weighted by Crippen LogP contribution is 2.70. The molecular weight excluding hydrogens is 570 g/mol. The highest BCUT2D eigenvalue weighted by atomic mass is 35.5. The van der Waals surface area contributed by atoms with Gasteiger partial charge in [0.15, 0.2) is 17.7 Å². The molecule has 2 heterocycles. The van der Waals surface area contributed by atoms with Crippen molar-refractivity contribution in [3.63, 3.8) is 0 Å². The van der Waals surface area contributed by atoms with Gasteiger partial charge in [0.05, 0.1) is 24.9 Å². The lowest BCUT2D eigenvalue weighted by atomic mass is 9.46. The zero-order chi connectivity index (χ0) is 30.3. The largest absolute Gasteiger partial charge is 0.393 e. The fourth-order valence-electron chi connectivity index (χ4n) is 9.68. The number of allylic oxidation sites excluding steroid dienone is 2. The second-order valence-electron chi connectivity index (χ2n) is 13.7. The van der Waals surface area contributed by atoms with E-state index in [1.807, 2.05) is 53.4 Å². The van der Waals surface area contributed by atoms with E-state index in [9.17, 15) is 25.2 Å². The standard InChI is InChI=1S/C34H40ClNO7/c1-32-9-7-23(39)12-22(32)5-6-24-25-13-29-34(28(41)18-38,33(25,2)14-27(40)30(24)32)43-31(42-29)20-8-10-36(16-20)15-19-3-4-21(17-37)26(35)11-19/h3-4,7-12,16,23-25,27,29-31,37-40H,5-6,13-15,17-18H2,1-2H3/t23?,24-,25-,27-,29+,30+,31+,32-,33-,34+/m0/s1. The van der Waals surface area contributed by atoms with E-state index >= 15 is 0 Å². The summed E-state index contributed by atoms with van der Waals surface area (Å²) in [5.41, 5.74) is 1.15. The van der Waals surface area contributed by atoms with Crippen molar-refractivity contribution in [2.24, 2.45) is 28.6 Å². The van der Waals surface area contributed by atoms with Crippen molar-refractivity contribution >= 4 is 17.4 Å². The summed E-state index contributed by atoms with van der Waals surface area (Å²) in [6.45, 7) is 4.00. The predicted octanol–water partition coefficient (Wildman–Crippen LogP) is 4.08. The maximum atomic E-state index is 13.8. The van der Waals surface area contributed by atoms with Gasteiger partial charge in [0.1, 0.15) is 6.61 Å². The highest BCUT2D eigenvalue weighted by Gasteiger charge is 2.75. The molecule has 9 heteroatoms. The summed E-state index contributed by atoms with van der Waals surface area (Å²) in [6, 6.07) is 7.50. The Kier molecular flexibility index (Phi) is 7.10. The van der Waals surface area contributed by atoms with Crippen LogP contribution in [0.2, 0.25) is 5.02 Å². The Bertz CT molecular complexity index is 1500. The molecule has 4 aliphatic carbocycles. The minimum absolute atomic E-state index is 0.0424. The molecular formula is C34H40ClNO7. The van der Waals surface area contributed by atoms with Gasteiger partial charge in [-0.3, -0.25) is 4.79 Å². The zero-order valence-corrected chi connectivity index (χ0v) is 25.3. The second-order valence-corrected chi connectivity index (χ2v) is 14.1. The molecule has 230 valence electrons. The molecule has 1 aromatic carbocycles. The van der Waals surface area contributed by atoms with Crippen LogP contribution in [-0.2, 0) is 27.4 Å². The lowest BCUT2D eigenvalue weighted by Crippen LogP contribution is -2.63. The molecule has 0 radical (unpaired) electrons. The molecule has 2 aromatic rings. The zero-order valence-electron chi connectivity index (χ0n) is 24.5. The number of rotatable bonds is 6. The lowest BCUT2D eigenvalue weighted by molar-refractivity contribution is -0.201. The molecule has 4 fully saturated rings. The average Bonchev–Trinajstić information content (AvgIpc) is 3.65. The Morgan fingerprint density at radius 2 is 2.00 bits per heavy atom. The van der Waals surface area contributed by atoms with Crippen molar-refractivity contribution in [1.82, 2.24) is 4.57 Å². The fraction of sp³-hybridized carbons (Fsp3) is 0.559. The van der Waals surface area contributed by atoms with Crippen molar-refractivity contribution in [3.05, 3.63) is 82.2 Å². The molecule has 43 heavy (non-hydrogen) atoms. The maximum Gasteiger partial charge on any atom is 0.193 e. The van der Waals surface area contributed by atoms with Crippen LogP contribution in [0.3, 0.4) is 0 Å². The molecule has 8 nitrogen and oxygen atoms in total. The monoisotopic (exact) mass is 609 g/mol. The van der Waals surface area contributed by atoms with E-state index < -0.39 is 48.0 Å². The Morgan fingerprint density at radius 3 is 2.74 bits per heavy atom. The van der Waals surface area contributed by atoms with Gasteiger partial charge in [-0.1, -0.05) is 61.4 Å². The number of carbonyl (C=O) groups excluding carboxylic acids is 1. The number of benzene rings is 1. The number of aliphatic hydroxyl groups is 4. The van der Waals surface area contributed by atoms with E-state index in [4.69, 9.17) is 21.1 Å². The van der Waals surface area contributed by atoms with Gasteiger partial charge >= 0.3 is 0 Å². The molecule has 5 aliphatic rings. The summed E-state index contributed by atoms with van der Waals surface area (Å²) in [5, 5.41) is 42.2. The highest BCUT2D eigenvalue weighted by molar-refractivity contribution is 6.31. The number of aliphatic hydroxyl groups excluding tert-OH is 4. The van der Waals surface area contributed by atoms with Crippen LogP contribution in [0.4, 0.5) is 0 Å².